The number of anilines is 1. The first-order valence-corrected chi connectivity index (χ1v) is 10.5. The standard InChI is InChI=1S/C24H19N3O2S/c1-15-11-16(2)22-19(12-15)26-24(30-22)27(14-18-8-5-6-10-25-18)23(28)21-13-17-7-3-4-9-20(17)29-21/h3-13H,14H2,1-2H3. The minimum atomic E-state index is -0.231. The Hall–Kier alpha value is -3.51. The molecule has 2 aromatic carbocycles. The molecule has 0 unspecified atom stereocenters. The molecule has 6 heteroatoms. The Morgan fingerprint density at radius 1 is 1.07 bits per heavy atom. The number of rotatable bonds is 4. The van der Waals surface area contributed by atoms with Gasteiger partial charge in [-0.3, -0.25) is 14.7 Å². The van der Waals surface area contributed by atoms with Crippen molar-refractivity contribution in [2.24, 2.45) is 0 Å². The zero-order chi connectivity index (χ0) is 20.7. The molecule has 0 aliphatic rings. The van der Waals surface area contributed by atoms with Crippen molar-refractivity contribution in [3.8, 4) is 0 Å². The van der Waals surface area contributed by atoms with Crippen LogP contribution in [0.3, 0.4) is 0 Å². The van der Waals surface area contributed by atoms with Gasteiger partial charge in [-0.05, 0) is 55.3 Å². The van der Waals surface area contributed by atoms with Gasteiger partial charge in [0.1, 0.15) is 5.58 Å². The Morgan fingerprint density at radius 2 is 1.90 bits per heavy atom. The van der Waals surface area contributed by atoms with Gasteiger partial charge in [-0.15, -0.1) is 0 Å². The Bertz CT molecular complexity index is 1340. The van der Waals surface area contributed by atoms with Crippen LogP contribution >= 0.6 is 11.3 Å². The summed E-state index contributed by atoms with van der Waals surface area (Å²) < 4.78 is 6.93. The highest BCUT2D eigenvalue weighted by atomic mass is 32.1. The molecule has 0 aliphatic carbocycles. The molecular formula is C24H19N3O2S. The van der Waals surface area contributed by atoms with Crippen LogP contribution in [0.15, 0.2) is 71.3 Å². The van der Waals surface area contributed by atoms with Crippen molar-refractivity contribution in [3.05, 3.63) is 89.4 Å². The predicted octanol–water partition coefficient (Wildman–Crippen LogP) is 5.90. The molecule has 0 saturated carbocycles. The minimum absolute atomic E-state index is 0.231. The number of furan rings is 1. The fourth-order valence-electron chi connectivity index (χ4n) is 3.58. The van der Waals surface area contributed by atoms with Crippen molar-refractivity contribution in [2.45, 2.75) is 20.4 Å². The average Bonchev–Trinajstić information content (AvgIpc) is 3.36. The number of nitrogens with zero attached hydrogens (tertiary/aromatic N) is 3. The Labute approximate surface area is 177 Å². The van der Waals surface area contributed by atoms with Gasteiger partial charge in [-0.2, -0.15) is 0 Å². The fraction of sp³-hybridized carbons (Fsp3) is 0.125. The zero-order valence-corrected chi connectivity index (χ0v) is 17.4. The molecule has 30 heavy (non-hydrogen) atoms. The summed E-state index contributed by atoms with van der Waals surface area (Å²) in [6.07, 6.45) is 1.73. The molecule has 5 rings (SSSR count). The third-order valence-electron chi connectivity index (χ3n) is 4.97. The maximum atomic E-state index is 13.5. The number of hydrogen-bond acceptors (Lipinski definition) is 5. The van der Waals surface area contributed by atoms with Crippen molar-refractivity contribution in [2.75, 3.05) is 4.90 Å². The predicted molar refractivity (Wildman–Crippen MR) is 120 cm³/mol. The topological polar surface area (TPSA) is 59.2 Å². The highest BCUT2D eigenvalue weighted by Gasteiger charge is 2.25. The fourth-order valence-corrected chi connectivity index (χ4v) is 4.59. The van der Waals surface area contributed by atoms with Crippen molar-refractivity contribution in [1.82, 2.24) is 9.97 Å². The van der Waals surface area contributed by atoms with Crippen LogP contribution in [0.2, 0.25) is 0 Å². The molecule has 0 bridgehead atoms. The number of amides is 1. The quantitative estimate of drug-likeness (QED) is 0.368. The van der Waals surface area contributed by atoms with Crippen molar-refractivity contribution >= 4 is 43.6 Å². The molecular weight excluding hydrogens is 394 g/mol. The molecule has 148 valence electrons. The minimum Gasteiger partial charge on any atom is -0.451 e. The normalized spacial score (nSPS) is 11.3. The number of thiazole rings is 1. The molecule has 3 heterocycles. The number of fused-ring (bicyclic) bond motifs is 2. The number of carbonyl (C=O) groups excluding carboxylic acids is 1. The van der Waals surface area contributed by atoms with E-state index in [0.29, 0.717) is 23.0 Å². The number of benzene rings is 2. The lowest BCUT2D eigenvalue weighted by Crippen LogP contribution is -2.30. The molecule has 0 atom stereocenters. The third-order valence-corrected chi connectivity index (χ3v) is 6.20. The third kappa shape index (κ3) is 3.35. The van der Waals surface area contributed by atoms with Crippen LogP contribution in [0.4, 0.5) is 5.13 Å². The van der Waals surface area contributed by atoms with Crippen LogP contribution in [0.25, 0.3) is 21.2 Å². The second-order valence-electron chi connectivity index (χ2n) is 7.29. The van der Waals surface area contributed by atoms with E-state index < -0.39 is 0 Å². The van der Waals surface area contributed by atoms with Gasteiger partial charge >= 0.3 is 0 Å². The molecule has 0 saturated heterocycles. The smallest absolute Gasteiger partial charge is 0.296 e. The van der Waals surface area contributed by atoms with Crippen molar-refractivity contribution in [3.63, 3.8) is 0 Å². The van der Waals surface area contributed by atoms with E-state index >= 15 is 0 Å². The molecule has 0 fully saturated rings. The Kier molecular flexibility index (Phi) is 4.56. The molecule has 0 spiro atoms. The summed E-state index contributed by atoms with van der Waals surface area (Å²) in [7, 11) is 0. The van der Waals surface area contributed by atoms with Gasteiger partial charge in [0.2, 0.25) is 0 Å². The first-order chi connectivity index (χ1) is 14.6. The maximum Gasteiger partial charge on any atom is 0.296 e. The summed E-state index contributed by atoms with van der Waals surface area (Å²) in [6.45, 7) is 4.44. The summed E-state index contributed by atoms with van der Waals surface area (Å²) in [4.78, 5) is 24.4. The van der Waals surface area contributed by atoms with E-state index in [-0.39, 0.29) is 5.91 Å². The lowest BCUT2D eigenvalue weighted by atomic mass is 10.1. The van der Waals surface area contributed by atoms with Crippen LogP contribution in [-0.4, -0.2) is 15.9 Å². The van der Waals surface area contributed by atoms with Crippen molar-refractivity contribution in [1.29, 1.82) is 0 Å². The average molecular weight is 414 g/mol. The van der Waals surface area contributed by atoms with Gasteiger partial charge in [0.25, 0.3) is 5.91 Å². The summed E-state index contributed by atoms with van der Waals surface area (Å²) in [5, 5.41) is 1.53. The summed E-state index contributed by atoms with van der Waals surface area (Å²) in [5.74, 6) is 0.0598. The Morgan fingerprint density at radius 3 is 2.70 bits per heavy atom. The molecule has 0 N–H and O–H groups in total. The van der Waals surface area contributed by atoms with Gasteiger partial charge in [-0.1, -0.05) is 41.7 Å². The first kappa shape index (κ1) is 18.5. The van der Waals surface area contributed by atoms with E-state index in [2.05, 4.69) is 24.9 Å². The van der Waals surface area contributed by atoms with E-state index in [1.54, 1.807) is 17.2 Å². The largest absolute Gasteiger partial charge is 0.451 e. The summed E-state index contributed by atoms with van der Waals surface area (Å²) in [5.41, 5.74) is 4.68. The van der Waals surface area contributed by atoms with Gasteiger partial charge < -0.3 is 4.42 Å². The molecule has 1 amide bonds. The molecule has 5 nitrogen and oxygen atoms in total. The molecule has 3 aromatic heterocycles. The molecule has 0 aliphatic heterocycles. The van der Waals surface area contributed by atoms with E-state index in [1.165, 1.54) is 11.3 Å². The van der Waals surface area contributed by atoms with Gasteiger partial charge in [0.15, 0.2) is 10.9 Å². The van der Waals surface area contributed by atoms with Gasteiger partial charge in [-0.25, -0.2) is 4.98 Å². The highest BCUT2D eigenvalue weighted by Crippen LogP contribution is 2.34. The second kappa shape index (κ2) is 7.39. The van der Waals surface area contributed by atoms with Gasteiger partial charge in [0.05, 0.1) is 22.5 Å². The van der Waals surface area contributed by atoms with Crippen LogP contribution < -0.4 is 4.90 Å². The van der Waals surface area contributed by atoms with Crippen LogP contribution in [0.1, 0.15) is 27.4 Å². The summed E-state index contributed by atoms with van der Waals surface area (Å²) >= 11 is 1.51. The molecule has 0 radical (unpaired) electrons. The van der Waals surface area contributed by atoms with Crippen molar-refractivity contribution < 1.29 is 9.21 Å². The van der Waals surface area contributed by atoms with Crippen LogP contribution in [-0.2, 0) is 6.54 Å². The van der Waals surface area contributed by atoms with Gasteiger partial charge in [0, 0.05) is 11.6 Å². The van der Waals surface area contributed by atoms with E-state index in [9.17, 15) is 4.79 Å². The second-order valence-corrected chi connectivity index (χ2v) is 8.26. The van der Waals surface area contributed by atoms with E-state index in [4.69, 9.17) is 9.40 Å². The monoisotopic (exact) mass is 413 g/mol. The number of aryl methyl sites for hydroxylation is 2. The summed E-state index contributed by atoms with van der Waals surface area (Å²) in [6, 6.07) is 19.3. The number of para-hydroxylation sites is 1. The lowest BCUT2D eigenvalue weighted by molar-refractivity contribution is 0.0960. The van der Waals surface area contributed by atoms with E-state index in [0.717, 1.165) is 32.4 Å². The van der Waals surface area contributed by atoms with E-state index in [1.807, 2.05) is 48.5 Å². The van der Waals surface area contributed by atoms with Crippen LogP contribution in [0, 0.1) is 13.8 Å². The maximum absolute atomic E-state index is 13.5. The lowest BCUT2D eigenvalue weighted by Gasteiger charge is -2.18. The van der Waals surface area contributed by atoms with Crippen LogP contribution in [0.5, 0.6) is 0 Å². The zero-order valence-electron chi connectivity index (χ0n) is 16.6. The SMILES string of the molecule is Cc1cc(C)c2sc(N(Cc3ccccn3)C(=O)c3cc4ccccc4o3)nc2c1. The number of hydrogen-bond donors (Lipinski definition) is 0. The Balaban J connectivity index is 1.61. The molecule has 5 aromatic rings. The highest BCUT2D eigenvalue weighted by molar-refractivity contribution is 7.22. The number of pyridine rings is 1. The number of aromatic nitrogens is 2. The first-order valence-electron chi connectivity index (χ1n) is 9.66. The number of carbonyl (C=O) groups is 1.